The SMILES string of the molecule is C[C@H](NC(=O)c1cccs1)C(=O)N(C)CCOc1ccc(Cl)cc1. The monoisotopic (exact) mass is 366 g/mol. The summed E-state index contributed by atoms with van der Waals surface area (Å²) in [5.41, 5.74) is 0. The summed E-state index contributed by atoms with van der Waals surface area (Å²) in [7, 11) is 1.68. The number of thiophene rings is 1. The van der Waals surface area contributed by atoms with Crippen LogP contribution in [-0.4, -0.2) is 43.0 Å². The van der Waals surface area contributed by atoms with E-state index in [1.54, 1.807) is 50.4 Å². The maximum atomic E-state index is 12.3. The fourth-order valence-corrected chi connectivity index (χ4v) is 2.76. The molecule has 0 saturated heterocycles. The first-order chi connectivity index (χ1) is 11.5. The molecule has 1 heterocycles. The van der Waals surface area contributed by atoms with E-state index < -0.39 is 6.04 Å². The van der Waals surface area contributed by atoms with Gasteiger partial charge in [-0.1, -0.05) is 17.7 Å². The molecule has 0 fully saturated rings. The second kappa shape index (κ2) is 8.70. The van der Waals surface area contributed by atoms with Gasteiger partial charge < -0.3 is 15.0 Å². The molecule has 0 bridgehead atoms. The smallest absolute Gasteiger partial charge is 0.261 e. The van der Waals surface area contributed by atoms with Crippen molar-refractivity contribution in [1.29, 1.82) is 0 Å². The molecule has 24 heavy (non-hydrogen) atoms. The standard InChI is InChI=1S/C17H19ClN2O3S/c1-12(19-16(21)15-4-3-11-24-15)17(22)20(2)9-10-23-14-7-5-13(18)6-8-14/h3-8,11-12H,9-10H2,1-2H3,(H,19,21)/t12-/m0/s1. The number of nitrogens with one attached hydrogen (secondary N) is 1. The van der Waals surface area contributed by atoms with Crippen LogP contribution in [0.25, 0.3) is 0 Å². The number of hydrogen-bond acceptors (Lipinski definition) is 4. The van der Waals surface area contributed by atoms with Crippen LogP contribution in [0.15, 0.2) is 41.8 Å². The highest BCUT2D eigenvalue weighted by atomic mass is 35.5. The number of amides is 2. The molecule has 0 aliphatic carbocycles. The Morgan fingerprint density at radius 1 is 1.29 bits per heavy atom. The summed E-state index contributed by atoms with van der Waals surface area (Å²) < 4.78 is 5.56. The summed E-state index contributed by atoms with van der Waals surface area (Å²) >= 11 is 7.15. The highest BCUT2D eigenvalue weighted by molar-refractivity contribution is 7.12. The van der Waals surface area contributed by atoms with Crippen molar-refractivity contribution >= 4 is 34.8 Å². The van der Waals surface area contributed by atoms with Gasteiger partial charge in [0.25, 0.3) is 5.91 Å². The third-order valence-corrected chi connectivity index (χ3v) is 4.47. The van der Waals surface area contributed by atoms with E-state index in [0.717, 1.165) is 0 Å². The molecule has 1 atom stereocenters. The number of nitrogens with zero attached hydrogens (tertiary/aromatic N) is 1. The predicted molar refractivity (Wildman–Crippen MR) is 95.8 cm³/mol. The highest BCUT2D eigenvalue weighted by Crippen LogP contribution is 2.15. The molecule has 1 N–H and O–H groups in total. The Morgan fingerprint density at radius 3 is 2.62 bits per heavy atom. The number of likely N-dealkylation sites (N-methyl/N-ethyl adjacent to an activating group) is 1. The molecule has 128 valence electrons. The zero-order chi connectivity index (χ0) is 17.5. The van der Waals surface area contributed by atoms with Gasteiger partial charge in [-0.25, -0.2) is 0 Å². The zero-order valence-corrected chi connectivity index (χ0v) is 15.1. The van der Waals surface area contributed by atoms with Crippen LogP contribution >= 0.6 is 22.9 Å². The highest BCUT2D eigenvalue weighted by Gasteiger charge is 2.20. The molecule has 0 radical (unpaired) electrons. The van der Waals surface area contributed by atoms with Gasteiger partial charge in [0.15, 0.2) is 0 Å². The molecule has 0 saturated carbocycles. The molecule has 0 unspecified atom stereocenters. The summed E-state index contributed by atoms with van der Waals surface area (Å²) in [5, 5.41) is 5.17. The van der Waals surface area contributed by atoms with Crippen molar-refractivity contribution in [1.82, 2.24) is 10.2 Å². The lowest BCUT2D eigenvalue weighted by molar-refractivity contribution is -0.131. The van der Waals surface area contributed by atoms with E-state index >= 15 is 0 Å². The topological polar surface area (TPSA) is 58.6 Å². The van der Waals surface area contributed by atoms with Crippen molar-refractivity contribution in [2.45, 2.75) is 13.0 Å². The van der Waals surface area contributed by atoms with E-state index in [1.165, 1.54) is 16.2 Å². The number of ether oxygens (including phenoxy) is 1. The summed E-state index contributed by atoms with van der Waals surface area (Å²) in [6, 6.07) is 9.96. The van der Waals surface area contributed by atoms with Gasteiger partial charge in [0.1, 0.15) is 18.4 Å². The first-order valence-electron chi connectivity index (χ1n) is 7.45. The predicted octanol–water partition coefficient (Wildman–Crippen LogP) is 3.06. The maximum Gasteiger partial charge on any atom is 0.261 e. The maximum absolute atomic E-state index is 12.3. The Morgan fingerprint density at radius 2 is 2.00 bits per heavy atom. The van der Waals surface area contributed by atoms with Gasteiger partial charge in [-0.15, -0.1) is 11.3 Å². The van der Waals surface area contributed by atoms with Crippen molar-refractivity contribution in [3.05, 3.63) is 51.7 Å². The Kier molecular flexibility index (Phi) is 6.63. The van der Waals surface area contributed by atoms with E-state index in [2.05, 4.69) is 5.32 Å². The van der Waals surface area contributed by atoms with E-state index in [1.807, 2.05) is 5.38 Å². The summed E-state index contributed by atoms with van der Waals surface area (Å²) in [4.78, 5) is 26.4. The minimum absolute atomic E-state index is 0.167. The molecular weight excluding hydrogens is 348 g/mol. The van der Waals surface area contributed by atoms with E-state index in [-0.39, 0.29) is 11.8 Å². The minimum Gasteiger partial charge on any atom is -0.492 e. The Balaban J connectivity index is 1.76. The molecule has 0 aliphatic rings. The first-order valence-corrected chi connectivity index (χ1v) is 8.71. The van der Waals surface area contributed by atoms with Gasteiger partial charge in [-0.2, -0.15) is 0 Å². The lowest BCUT2D eigenvalue weighted by Crippen LogP contribution is -2.46. The number of rotatable bonds is 7. The minimum atomic E-state index is -0.597. The van der Waals surface area contributed by atoms with Gasteiger partial charge in [0, 0.05) is 12.1 Å². The Labute approximate surface area is 150 Å². The third kappa shape index (κ3) is 5.25. The Hall–Kier alpha value is -2.05. The normalized spacial score (nSPS) is 11.6. The molecule has 1 aromatic carbocycles. The van der Waals surface area contributed by atoms with Crippen LogP contribution in [-0.2, 0) is 4.79 Å². The molecule has 2 aromatic rings. The molecule has 5 nitrogen and oxygen atoms in total. The lowest BCUT2D eigenvalue weighted by atomic mass is 10.2. The van der Waals surface area contributed by atoms with E-state index in [0.29, 0.717) is 28.8 Å². The van der Waals surface area contributed by atoms with Gasteiger partial charge in [-0.05, 0) is 42.6 Å². The molecule has 0 spiro atoms. The summed E-state index contributed by atoms with van der Waals surface area (Å²) in [6.07, 6.45) is 0. The summed E-state index contributed by atoms with van der Waals surface area (Å²) in [6.45, 7) is 2.44. The average molecular weight is 367 g/mol. The quantitative estimate of drug-likeness (QED) is 0.819. The van der Waals surface area contributed by atoms with Crippen molar-refractivity contribution in [3.63, 3.8) is 0 Å². The van der Waals surface area contributed by atoms with E-state index in [4.69, 9.17) is 16.3 Å². The van der Waals surface area contributed by atoms with Crippen LogP contribution in [0.1, 0.15) is 16.6 Å². The van der Waals surface area contributed by atoms with Crippen LogP contribution in [0, 0.1) is 0 Å². The van der Waals surface area contributed by atoms with Gasteiger partial charge >= 0.3 is 0 Å². The Bertz CT molecular complexity index is 674. The van der Waals surface area contributed by atoms with Crippen molar-refractivity contribution < 1.29 is 14.3 Å². The fourth-order valence-electron chi connectivity index (χ4n) is 2.01. The lowest BCUT2D eigenvalue weighted by Gasteiger charge is -2.22. The molecular formula is C17H19ClN2O3S. The first kappa shape index (κ1) is 18.3. The second-order valence-corrected chi connectivity index (χ2v) is 6.62. The van der Waals surface area contributed by atoms with Crippen LogP contribution < -0.4 is 10.1 Å². The number of halogens is 1. The van der Waals surface area contributed by atoms with E-state index in [9.17, 15) is 9.59 Å². The van der Waals surface area contributed by atoms with Crippen molar-refractivity contribution in [2.75, 3.05) is 20.2 Å². The van der Waals surface area contributed by atoms with Gasteiger partial charge in [0.05, 0.1) is 11.4 Å². The zero-order valence-electron chi connectivity index (χ0n) is 13.5. The molecule has 0 aliphatic heterocycles. The number of carbonyl (C=O) groups is 2. The summed E-state index contributed by atoms with van der Waals surface area (Å²) in [5.74, 6) is 0.288. The van der Waals surface area contributed by atoms with Gasteiger partial charge in [0.2, 0.25) is 5.91 Å². The van der Waals surface area contributed by atoms with Crippen LogP contribution in [0.3, 0.4) is 0 Å². The van der Waals surface area contributed by atoms with Crippen LogP contribution in [0.5, 0.6) is 5.75 Å². The molecule has 1 aromatic heterocycles. The number of benzene rings is 1. The molecule has 2 rings (SSSR count). The third-order valence-electron chi connectivity index (χ3n) is 3.35. The number of hydrogen-bond donors (Lipinski definition) is 1. The average Bonchev–Trinajstić information content (AvgIpc) is 3.10. The van der Waals surface area contributed by atoms with Crippen molar-refractivity contribution in [2.24, 2.45) is 0 Å². The fraction of sp³-hybridized carbons (Fsp3) is 0.294. The molecule has 2 amide bonds. The largest absolute Gasteiger partial charge is 0.492 e. The van der Waals surface area contributed by atoms with Crippen LogP contribution in [0.2, 0.25) is 5.02 Å². The number of carbonyl (C=O) groups excluding carboxylic acids is 2. The second-order valence-electron chi connectivity index (χ2n) is 5.23. The van der Waals surface area contributed by atoms with Crippen LogP contribution in [0.4, 0.5) is 0 Å². The van der Waals surface area contributed by atoms with Gasteiger partial charge in [-0.3, -0.25) is 9.59 Å². The van der Waals surface area contributed by atoms with Crippen molar-refractivity contribution in [3.8, 4) is 5.75 Å². The molecule has 7 heteroatoms.